The first-order chi connectivity index (χ1) is 11.3. The van der Waals surface area contributed by atoms with Crippen molar-refractivity contribution in [1.29, 1.82) is 0 Å². The van der Waals surface area contributed by atoms with Gasteiger partial charge in [-0.25, -0.2) is 0 Å². The van der Waals surface area contributed by atoms with Crippen molar-refractivity contribution in [3.63, 3.8) is 0 Å². The van der Waals surface area contributed by atoms with E-state index in [1.165, 1.54) is 29.5 Å². The molecule has 1 aliphatic carbocycles. The number of nitrogens with one attached hydrogen (secondary N) is 1. The van der Waals surface area contributed by atoms with Crippen LogP contribution in [0.3, 0.4) is 0 Å². The fraction of sp³-hybridized carbons (Fsp3) is 0.350. The first-order valence-corrected chi connectivity index (χ1v) is 8.38. The number of benzene rings is 2. The van der Waals surface area contributed by atoms with E-state index < -0.39 is 0 Å². The van der Waals surface area contributed by atoms with Crippen LogP contribution in [0.15, 0.2) is 42.5 Å². The molecular formula is C20H23NO2. The summed E-state index contributed by atoms with van der Waals surface area (Å²) in [6.45, 7) is 2.15. The van der Waals surface area contributed by atoms with Gasteiger partial charge in [-0.1, -0.05) is 31.2 Å². The molecule has 120 valence electrons. The number of anilines is 1. The van der Waals surface area contributed by atoms with Crippen molar-refractivity contribution in [2.75, 3.05) is 11.9 Å². The number of amides is 1. The number of aryl methyl sites for hydroxylation is 2. The molecule has 0 heterocycles. The number of hydrogen-bond donors (Lipinski definition) is 1. The summed E-state index contributed by atoms with van der Waals surface area (Å²) in [7, 11) is 0. The summed E-state index contributed by atoms with van der Waals surface area (Å²) in [5.74, 6) is 0.621. The highest BCUT2D eigenvalue weighted by Gasteiger charge is 2.14. The number of carbonyl (C=O) groups excluding carboxylic acids is 1. The Kier molecular flexibility index (Phi) is 4.96. The van der Waals surface area contributed by atoms with Crippen molar-refractivity contribution in [2.24, 2.45) is 0 Å². The summed E-state index contributed by atoms with van der Waals surface area (Å²) < 4.78 is 5.57. The standard InChI is InChI=1S/C20H23NO2/c1-2-15-10-12-17(13-11-15)23-14-20(22)21-19-9-5-7-16-6-3-4-8-18(16)19/h5,7,9-13H,2-4,6,8,14H2,1H3,(H,21,22). The Morgan fingerprint density at radius 1 is 1.09 bits per heavy atom. The van der Waals surface area contributed by atoms with Gasteiger partial charge < -0.3 is 10.1 Å². The van der Waals surface area contributed by atoms with Crippen molar-refractivity contribution < 1.29 is 9.53 Å². The van der Waals surface area contributed by atoms with E-state index in [1.54, 1.807) is 0 Å². The normalized spacial score (nSPS) is 13.3. The summed E-state index contributed by atoms with van der Waals surface area (Å²) in [6, 6.07) is 14.0. The van der Waals surface area contributed by atoms with E-state index >= 15 is 0 Å². The van der Waals surface area contributed by atoms with Gasteiger partial charge in [0.1, 0.15) is 5.75 Å². The zero-order valence-corrected chi connectivity index (χ0v) is 13.6. The van der Waals surface area contributed by atoms with E-state index in [4.69, 9.17) is 4.74 Å². The van der Waals surface area contributed by atoms with Gasteiger partial charge >= 0.3 is 0 Å². The number of rotatable bonds is 5. The molecule has 3 rings (SSSR count). The molecule has 1 aliphatic rings. The Morgan fingerprint density at radius 3 is 2.65 bits per heavy atom. The molecule has 3 nitrogen and oxygen atoms in total. The van der Waals surface area contributed by atoms with Crippen molar-refractivity contribution in [3.8, 4) is 5.75 Å². The summed E-state index contributed by atoms with van der Waals surface area (Å²) in [4.78, 5) is 12.2. The Morgan fingerprint density at radius 2 is 1.87 bits per heavy atom. The fourth-order valence-electron chi connectivity index (χ4n) is 3.05. The van der Waals surface area contributed by atoms with Gasteiger partial charge in [-0.3, -0.25) is 4.79 Å². The second kappa shape index (κ2) is 7.32. The number of hydrogen-bond acceptors (Lipinski definition) is 2. The van der Waals surface area contributed by atoms with Crippen molar-refractivity contribution in [1.82, 2.24) is 0 Å². The molecule has 1 N–H and O–H groups in total. The minimum absolute atomic E-state index is 0.0368. The third-order valence-corrected chi connectivity index (χ3v) is 4.37. The van der Waals surface area contributed by atoms with Gasteiger partial charge in [0.25, 0.3) is 5.91 Å². The highest BCUT2D eigenvalue weighted by Crippen LogP contribution is 2.27. The van der Waals surface area contributed by atoms with Crippen LogP contribution in [0.5, 0.6) is 5.75 Å². The van der Waals surface area contributed by atoms with Gasteiger partial charge in [-0.15, -0.1) is 0 Å². The maximum atomic E-state index is 12.2. The molecule has 23 heavy (non-hydrogen) atoms. The Bertz CT molecular complexity index is 677. The smallest absolute Gasteiger partial charge is 0.262 e. The molecule has 0 spiro atoms. The lowest BCUT2D eigenvalue weighted by Gasteiger charge is -2.19. The number of carbonyl (C=O) groups is 1. The quantitative estimate of drug-likeness (QED) is 0.901. The van der Waals surface area contributed by atoms with E-state index in [0.717, 1.165) is 30.7 Å². The monoisotopic (exact) mass is 309 g/mol. The van der Waals surface area contributed by atoms with Gasteiger partial charge in [0, 0.05) is 5.69 Å². The second-order valence-corrected chi connectivity index (χ2v) is 5.98. The predicted octanol–water partition coefficient (Wildman–Crippen LogP) is 4.15. The topological polar surface area (TPSA) is 38.3 Å². The van der Waals surface area contributed by atoms with E-state index in [-0.39, 0.29) is 12.5 Å². The first-order valence-electron chi connectivity index (χ1n) is 8.38. The molecule has 0 aromatic heterocycles. The van der Waals surface area contributed by atoms with Crippen LogP contribution in [-0.4, -0.2) is 12.5 Å². The zero-order chi connectivity index (χ0) is 16.1. The van der Waals surface area contributed by atoms with Gasteiger partial charge in [-0.2, -0.15) is 0 Å². The highest BCUT2D eigenvalue weighted by atomic mass is 16.5. The van der Waals surface area contributed by atoms with E-state index in [2.05, 4.69) is 18.3 Å². The summed E-state index contributed by atoms with van der Waals surface area (Å²) in [5, 5.41) is 3.00. The lowest BCUT2D eigenvalue weighted by atomic mass is 9.90. The third-order valence-electron chi connectivity index (χ3n) is 4.37. The summed E-state index contributed by atoms with van der Waals surface area (Å²) in [5.41, 5.74) is 4.86. The molecule has 0 saturated heterocycles. The van der Waals surface area contributed by atoms with Crippen LogP contribution in [0.4, 0.5) is 5.69 Å². The lowest BCUT2D eigenvalue weighted by Crippen LogP contribution is -2.21. The Hall–Kier alpha value is -2.29. The van der Waals surface area contributed by atoms with Crippen molar-refractivity contribution in [3.05, 3.63) is 59.2 Å². The molecule has 3 heteroatoms. The Labute approximate surface area is 137 Å². The van der Waals surface area contributed by atoms with Crippen LogP contribution < -0.4 is 10.1 Å². The maximum absolute atomic E-state index is 12.2. The molecule has 2 aromatic carbocycles. The first kappa shape index (κ1) is 15.6. The molecule has 0 saturated carbocycles. The number of fused-ring (bicyclic) bond motifs is 1. The summed E-state index contributed by atoms with van der Waals surface area (Å²) in [6.07, 6.45) is 5.59. The average molecular weight is 309 g/mol. The lowest BCUT2D eigenvalue weighted by molar-refractivity contribution is -0.118. The minimum Gasteiger partial charge on any atom is -0.484 e. The third kappa shape index (κ3) is 3.92. The molecule has 1 amide bonds. The molecule has 2 aromatic rings. The SMILES string of the molecule is CCc1ccc(OCC(=O)Nc2cccc3c2CCCC3)cc1. The van der Waals surface area contributed by atoms with Gasteiger partial charge in [0.15, 0.2) is 6.61 Å². The molecule has 0 aliphatic heterocycles. The average Bonchev–Trinajstić information content (AvgIpc) is 2.61. The number of ether oxygens (including phenoxy) is 1. The van der Waals surface area contributed by atoms with Crippen molar-refractivity contribution >= 4 is 11.6 Å². The van der Waals surface area contributed by atoms with Crippen LogP contribution in [0.25, 0.3) is 0 Å². The minimum atomic E-state index is -0.108. The van der Waals surface area contributed by atoms with Gasteiger partial charge in [-0.05, 0) is 67.0 Å². The predicted molar refractivity (Wildman–Crippen MR) is 93.0 cm³/mol. The van der Waals surface area contributed by atoms with Crippen LogP contribution in [0.2, 0.25) is 0 Å². The van der Waals surface area contributed by atoms with Crippen molar-refractivity contribution in [2.45, 2.75) is 39.0 Å². The molecular weight excluding hydrogens is 286 g/mol. The van der Waals surface area contributed by atoms with Crippen LogP contribution in [0, 0.1) is 0 Å². The van der Waals surface area contributed by atoms with Gasteiger partial charge in [0.2, 0.25) is 0 Å². The van der Waals surface area contributed by atoms with Crippen LogP contribution >= 0.6 is 0 Å². The zero-order valence-electron chi connectivity index (χ0n) is 13.6. The second-order valence-electron chi connectivity index (χ2n) is 5.98. The van der Waals surface area contributed by atoms with Crippen LogP contribution in [0.1, 0.15) is 36.5 Å². The maximum Gasteiger partial charge on any atom is 0.262 e. The Balaban J connectivity index is 1.59. The van der Waals surface area contributed by atoms with E-state index in [9.17, 15) is 4.79 Å². The van der Waals surface area contributed by atoms with Gasteiger partial charge in [0.05, 0.1) is 0 Å². The summed E-state index contributed by atoms with van der Waals surface area (Å²) >= 11 is 0. The van der Waals surface area contributed by atoms with E-state index in [0.29, 0.717) is 0 Å². The molecule has 0 atom stereocenters. The fourth-order valence-corrected chi connectivity index (χ4v) is 3.05. The highest BCUT2D eigenvalue weighted by molar-refractivity contribution is 5.92. The molecule has 0 bridgehead atoms. The molecule has 0 unspecified atom stereocenters. The van der Waals surface area contributed by atoms with E-state index in [1.807, 2.05) is 36.4 Å². The largest absolute Gasteiger partial charge is 0.484 e. The molecule has 0 fully saturated rings. The molecule has 0 radical (unpaired) electrons. The van der Waals surface area contributed by atoms with Crippen LogP contribution in [-0.2, 0) is 24.1 Å².